The summed E-state index contributed by atoms with van der Waals surface area (Å²) in [6, 6.07) is 1.75. The molecule has 0 saturated carbocycles. The monoisotopic (exact) mass is 264 g/mol. The predicted octanol–water partition coefficient (Wildman–Crippen LogP) is 0.752. The number of carboxylic acids is 1. The van der Waals surface area contributed by atoms with Crippen molar-refractivity contribution in [1.29, 1.82) is 0 Å². The molecule has 6 heteroatoms. The summed E-state index contributed by atoms with van der Waals surface area (Å²) in [5.74, 6) is -1.17. The van der Waals surface area contributed by atoms with E-state index in [1.807, 2.05) is 6.92 Å². The molecule has 1 aromatic heterocycles. The Bertz CT molecular complexity index is 489. The number of hydrogen-bond acceptors (Lipinski definition) is 4. The Morgan fingerprint density at radius 3 is 2.89 bits per heavy atom. The molecule has 2 atom stereocenters. The second-order valence-corrected chi connectivity index (χ2v) is 4.62. The van der Waals surface area contributed by atoms with E-state index in [1.165, 1.54) is 6.20 Å². The largest absolute Gasteiger partial charge is 0.479 e. The number of amides is 1. The fourth-order valence-corrected chi connectivity index (χ4v) is 2.03. The molecule has 0 spiro atoms. The molecule has 1 aromatic rings. The van der Waals surface area contributed by atoms with Crippen molar-refractivity contribution >= 4 is 11.9 Å². The van der Waals surface area contributed by atoms with Crippen LogP contribution < -0.4 is 5.32 Å². The van der Waals surface area contributed by atoms with Gasteiger partial charge in [-0.15, -0.1) is 0 Å². The summed E-state index contributed by atoms with van der Waals surface area (Å²) in [6.45, 7) is 2.18. The third-order valence-corrected chi connectivity index (χ3v) is 3.01. The lowest BCUT2D eigenvalue weighted by Crippen LogP contribution is -2.33. The van der Waals surface area contributed by atoms with Crippen LogP contribution in [0.25, 0.3) is 0 Å². The Morgan fingerprint density at radius 2 is 2.26 bits per heavy atom. The maximum absolute atomic E-state index is 11.8. The lowest BCUT2D eigenvalue weighted by atomic mass is 10.2. The Labute approximate surface area is 110 Å². The molecule has 1 aliphatic heterocycles. The van der Waals surface area contributed by atoms with Gasteiger partial charge in [0.15, 0.2) is 6.10 Å². The quantitative estimate of drug-likeness (QED) is 0.837. The van der Waals surface area contributed by atoms with Gasteiger partial charge >= 0.3 is 5.97 Å². The van der Waals surface area contributed by atoms with E-state index >= 15 is 0 Å². The topological polar surface area (TPSA) is 88.5 Å². The highest BCUT2D eigenvalue weighted by atomic mass is 16.5. The van der Waals surface area contributed by atoms with Crippen LogP contribution in [0, 0.1) is 6.92 Å². The Balaban J connectivity index is 1.83. The van der Waals surface area contributed by atoms with Crippen molar-refractivity contribution in [1.82, 2.24) is 10.3 Å². The summed E-state index contributed by atoms with van der Waals surface area (Å²) < 4.78 is 5.30. The van der Waals surface area contributed by atoms with Crippen LogP contribution in [-0.4, -0.2) is 40.7 Å². The predicted molar refractivity (Wildman–Crippen MR) is 66.8 cm³/mol. The molecular formula is C13H16N2O4. The average molecular weight is 264 g/mol. The van der Waals surface area contributed by atoms with E-state index in [0.29, 0.717) is 24.9 Å². The summed E-state index contributed by atoms with van der Waals surface area (Å²) in [6.07, 6.45) is 3.32. The van der Waals surface area contributed by atoms with Gasteiger partial charge in [0.2, 0.25) is 0 Å². The molecule has 0 aromatic carbocycles. The molecule has 2 heterocycles. The summed E-state index contributed by atoms with van der Waals surface area (Å²) in [5, 5.41) is 11.5. The molecule has 2 rings (SSSR count). The van der Waals surface area contributed by atoms with Crippen LogP contribution in [0.2, 0.25) is 0 Å². The first-order valence-corrected chi connectivity index (χ1v) is 6.14. The number of nitrogens with zero attached hydrogens (tertiary/aromatic N) is 1. The highest BCUT2D eigenvalue weighted by Gasteiger charge is 2.30. The number of carboxylic acid groups (broad SMARTS) is 1. The highest BCUT2D eigenvalue weighted by molar-refractivity contribution is 5.94. The second kappa shape index (κ2) is 5.79. The Hall–Kier alpha value is -1.95. The minimum atomic E-state index is -0.947. The summed E-state index contributed by atoms with van der Waals surface area (Å²) in [7, 11) is 0. The minimum Gasteiger partial charge on any atom is -0.479 e. The van der Waals surface area contributed by atoms with Crippen molar-refractivity contribution in [2.24, 2.45) is 0 Å². The lowest BCUT2D eigenvalue weighted by molar-refractivity contribution is -0.149. The molecule has 1 aliphatic rings. The number of rotatable bonds is 4. The molecule has 1 fully saturated rings. The van der Waals surface area contributed by atoms with E-state index in [-0.39, 0.29) is 12.0 Å². The number of aryl methyl sites for hydroxylation is 1. The number of carbonyl (C=O) groups excluding carboxylic acids is 1. The third kappa shape index (κ3) is 3.51. The first-order valence-electron chi connectivity index (χ1n) is 6.14. The molecular weight excluding hydrogens is 248 g/mol. The van der Waals surface area contributed by atoms with E-state index < -0.39 is 12.1 Å². The maximum atomic E-state index is 11.8. The van der Waals surface area contributed by atoms with Gasteiger partial charge in [0.05, 0.1) is 11.7 Å². The molecule has 2 unspecified atom stereocenters. The number of carbonyl (C=O) groups is 2. The summed E-state index contributed by atoms with van der Waals surface area (Å²) >= 11 is 0. The minimum absolute atomic E-state index is 0.224. The standard InChI is InChI=1S/C13H16N2O4/c1-8-4-9(6-14-5-8)12(16)15-7-10-2-3-11(19-10)13(17)18/h4-6,10-11H,2-3,7H2,1H3,(H,15,16)(H,17,18). The van der Waals surface area contributed by atoms with E-state index in [4.69, 9.17) is 9.84 Å². The molecule has 102 valence electrons. The number of aromatic nitrogens is 1. The van der Waals surface area contributed by atoms with Gasteiger partial charge in [0, 0.05) is 18.9 Å². The number of nitrogens with one attached hydrogen (secondary N) is 1. The zero-order chi connectivity index (χ0) is 13.8. The number of ether oxygens (including phenoxy) is 1. The third-order valence-electron chi connectivity index (χ3n) is 3.01. The molecule has 1 amide bonds. The SMILES string of the molecule is Cc1cncc(C(=O)NCC2CCC(C(=O)O)O2)c1. The zero-order valence-corrected chi connectivity index (χ0v) is 10.6. The summed E-state index contributed by atoms with van der Waals surface area (Å²) in [5.41, 5.74) is 1.41. The van der Waals surface area contributed by atoms with Crippen molar-refractivity contribution < 1.29 is 19.4 Å². The van der Waals surface area contributed by atoms with Crippen molar-refractivity contribution in [3.63, 3.8) is 0 Å². The highest BCUT2D eigenvalue weighted by Crippen LogP contribution is 2.19. The van der Waals surface area contributed by atoms with Gasteiger partial charge in [0.25, 0.3) is 5.91 Å². The summed E-state index contributed by atoms with van der Waals surface area (Å²) in [4.78, 5) is 26.5. The maximum Gasteiger partial charge on any atom is 0.332 e. The van der Waals surface area contributed by atoms with Crippen LogP contribution in [-0.2, 0) is 9.53 Å². The zero-order valence-electron chi connectivity index (χ0n) is 10.6. The fourth-order valence-electron chi connectivity index (χ4n) is 2.03. The molecule has 19 heavy (non-hydrogen) atoms. The van der Waals surface area contributed by atoms with Gasteiger partial charge in [-0.25, -0.2) is 4.79 Å². The van der Waals surface area contributed by atoms with Crippen LogP contribution in [0.4, 0.5) is 0 Å². The smallest absolute Gasteiger partial charge is 0.332 e. The molecule has 2 N–H and O–H groups in total. The van der Waals surface area contributed by atoms with Crippen LogP contribution in [0.3, 0.4) is 0 Å². The molecule has 0 radical (unpaired) electrons. The van der Waals surface area contributed by atoms with Crippen LogP contribution in [0.15, 0.2) is 18.5 Å². The van der Waals surface area contributed by atoms with Gasteiger partial charge in [-0.3, -0.25) is 9.78 Å². The van der Waals surface area contributed by atoms with Crippen LogP contribution in [0.5, 0.6) is 0 Å². The number of aliphatic carboxylic acids is 1. The van der Waals surface area contributed by atoms with Gasteiger partial charge < -0.3 is 15.2 Å². The van der Waals surface area contributed by atoms with Gasteiger partial charge in [-0.1, -0.05) is 0 Å². The van der Waals surface area contributed by atoms with E-state index in [1.54, 1.807) is 12.3 Å². The van der Waals surface area contributed by atoms with Crippen molar-refractivity contribution in [3.05, 3.63) is 29.6 Å². The second-order valence-electron chi connectivity index (χ2n) is 4.62. The molecule has 6 nitrogen and oxygen atoms in total. The Kier molecular flexibility index (Phi) is 4.11. The Morgan fingerprint density at radius 1 is 1.47 bits per heavy atom. The number of hydrogen-bond donors (Lipinski definition) is 2. The normalized spacial score (nSPS) is 22.2. The van der Waals surface area contributed by atoms with E-state index in [2.05, 4.69) is 10.3 Å². The van der Waals surface area contributed by atoms with E-state index in [9.17, 15) is 9.59 Å². The van der Waals surface area contributed by atoms with Gasteiger partial charge in [0.1, 0.15) is 0 Å². The first-order chi connectivity index (χ1) is 9.06. The molecule has 1 saturated heterocycles. The molecule has 0 aliphatic carbocycles. The van der Waals surface area contributed by atoms with Crippen LogP contribution in [0.1, 0.15) is 28.8 Å². The first kappa shape index (κ1) is 13.5. The van der Waals surface area contributed by atoms with Crippen molar-refractivity contribution in [3.8, 4) is 0 Å². The van der Waals surface area contributed by atoms with Crippen LogP contribution >= 0.6 is 0 Å². The van der Waals surface area contributed by atoms with Crippen molar-refractivity contribution in [2.45, 2.75) is 32.0 Å². The molecule has 0 bridgehead atoms. The van der Waals surface area contributed by atoms with Crippen molar-refractivity contribution in [2.75, 3.05) is 6.54 Å². The fraction of sp³-hybridized carbons (Fsp3) is 0.462. The van der Waals surface area contributed by atoms with Gasteiger partial charge in [-0.2, -0.15) is 0 Å². The van der Waals surface area contributed by atoms with E-state index in [0.717, 1.165) is 5.56 Å². The average Bonchev–Trinajstić information content (AvgIpc) is 2.85. The lowest BCUT2D eigenvalue weighted by Gasteiger charge is -2.12. The number of pyridine rings is 1. The van der Waals surface area contributed by atoms with Gasteiger partial charge in [-0.05, 0) is 31.4 Å².